The van der Waals surface area contributed by atoms with Crippen LogP contribution in [0, 0.1) is 11.3 Å². The fourth-order valence-electron chi connectivity index (χ4n) is 2.90. The first-order chi connectivity index (χ1) is 13.8. The lowest BCUT2D eigenvalue weighted by Crippen LogP contribution is -2.71. The van der Waals surface area contributed by atoms with Gasteiger partial charge in [-0.2, -0.15) is 10.5 Å². The molecule has 29 heavy (non-hydrogen) atoms. The lowest BCUT2D eigenvalue weighted by Gasteiger charge is -2.50. The topological polar surface area (TPSA) is 182 Å². The lowest BCUT2D eigenvalue weighted by atomic mass is 10.0. The van der Waals surface area contributed by atoms with Gasteiger partial charge in [0, 0.05) is 28.1 Å². The molecule has 0 aliphatic carbocycles. The molecule has 15 heteroatoms. The molecule has 0 saturated carbocycles. The average molecular weight is 458 g/mol. The lowest BCUT2D eigenvalue weighted by molar-refractivity contribution is -0.150. The molecule has 1 fully saturated rings. The van der Waals surface area contributed by atoms with Gasteiger partial charge in [-0.05, 0) is 17.7 Å². The summed E-state index contributed by atoms with van der Waals surface area (Å²) in [5.74, 6) is -2.36. The summed E-state index contributed by atoms with van der Waals surface area (Å²) in [5.41, 5.74) is 0.389. The summed E-state index contributed by atoms with van der Waals surface area (Å²) >= 11 is 2.50. The monoisotopic (exact) mass is 457 g/mol. The van der Waals surface area contributed by atoms with Crippen LogP contribution < -0.4 is 5.32 Å². The summed E-state index contributed by atoms with van der Waals surface area (Å²) in [6.07, 6.45) is 1.22. The van der Waals surface area contributed by atoms with E-state index in [9.17, 15) is 23.7 Å². The van der Waals surface area contributed by atoms with E-state index in [0.29, 0.717) is 16.5 Å². The molecule has 2 amide bonds. The number of aromatic amines is 1. The number of nitrogens with zero attached hydrogens (tertiary/aromatic N) is 5. The summed E-state index contributed by atoms with van der Waals surface area (Å²) in [7, 11) is -1.72. The van der Waals surface area contributed by atoms with Crippen molar-refractivity contribution in [3.8, 4) is 6.07 Å². The van der Waals surface area contributed by atoms with E-state index in [1.807, 2.05) is 0 Å². The Hall–Kier alpha value is -2.44. The zero-order chi connectivity index (χ0) is 21.3. The van der Waals surface area contributed by atoms with E-state index in [1.54, 1.807) is 13.0 Å². The largest absolute Gasteiger partial charge is 0.477 e. The number of tetrazole rings is 1. The Balaban J connectivity index is 1.79. The van der Waals surface area contributed by atoms with E-state index in [-0.39, 0.29) is 10.9 Å². The molecule has 4 unspecified atom stereocenters. The molecule has 5 atom stereocenters. The van der Waals surface area contributed by atoms with Gasteiger partial charge in [0.05, 0.1) is 6.07 Å². The number of hydrogen-bond donors (Lipinski definition) is 3. The molecule has 0 radical (unpaired) electrons. The van der Waals surface area contributed by atoms with Crippen molar-refractivity contribution in [2.45, 2.75) is 34.0 Å². The number of fused-ring (bicyclic) bond motifs is 1. The van der Waals surface area contributed by atoms with Crippen LogP contribution in [-0.2, 0) is 25.2 Å². The summed E-state index contributed by atoms with van der Waals surface area (Å²) in [6.45, 7) is 1.78. The van der Waals surface area contributed by atoms with E-state index in [0.717, 1.165) is 4.90 Å². The van der Waals surface area contributed by atoms with Crippen LogP contribution in [0.25, 0.3) is 0 Å². The van der Waals surface area contributed by atoms with Crippen LogP contribution >= 0.6 is 23.5 Å². The van der Waals surface area contributed by atoms with Crippen LogP contribution in [0.2, 0.25) is 0 Å². The quantitative estimate of drug-likeness (QED) is 0.326. The number of rotatable bonds is 7. The molecule has 3 N–H and O–H groups in total. The number of carbonyl (C=O) groups excluding carboxylic acids is 2. The predicted molar refractivity (Wildman–Crippen MR) is 103 cm³/mol. The van der Waals surface area contributed by atoms with E-state index < -0.39 is 45.2 Å². The Kier molecular flexibility index (Phi) is 6.24. The minimum Gasteiger partial charge on any atom is -0.477 e. The zero-order valence-corrected chi connectivity index (χ0v) is 17.5. The minimum absolute atomic E-state index is 0.136. The molecule has 154 valence electrons. The number of carboxylic acid groups (broad SMARTS) is 1. The van der Waals surface area contributed by atoms with E-state index in [4.69, 9.17) is 5.26 Å². The van der Waals surface area contributed by atoms with E-state index in [1.165, 1.54) is 29.8 Å². The van der Waals surface area contributed by atoms with Crippen LogP contribution in [0.15, 0.2) is 16.4 Å². The predicted octanol–water partition coefficient (Wildman–Crippen LogP) is -1.31. The number of carbonyl (C=O) groups is 3. The third kappa shape index (κ3) is 4.00. The van der Waals surface area contributed by atoms with Crippen molar-refractivity contribution in [2.24, 2.45) is 0 Å². The molecule has 1 aromatic heterocycles. The summed E-state index contributed by atoms with van der Waals surface area (Å²) in [4.78, 5) is 37.8. The van der Waals surface area contributed by atoms with Crippen LogP contribution in [-0.4, -0.2) is 86.5 Å². The van der Waals surface area contributed by atoms with Gasteiger partial charge < -0.3 is 10.4 Å². The maximum absolute atomic E-state index is 12.6. The van der Waals surface area contributed by atoms with Crippen LogP contribution in [0.1, 0.15) is 6.92 Å². The molecule has 3 heterocycles. The third-order valence-electron chi connectivity index (χ3n) is 4.28. The molecule has 0 spiro atoms. The fraction of sp³-hybridized carbons (Fsp3) is 0.500. The number of thioether (sulfide) groups is 2. The number of carboxylic acids is 1. The number of hydrogen-bond acceptors (Lipinski definition) is 10. The van der Waals surface area contributed by atoms with Crippen molar-refractivity contribution in [1.82, 2.24) is 30.8 Å². The molecule has 2 aliphatic rings. The Morgan fingerprint density at radius 2 is 2.28 bits per heavy atom. The number of nitriles is 1. The van der Waals surface area contributed by atoms with Gasteiger partial charge in [0.25, 0.3) is 11.8 Å². The highest BCUT2D eigenvalue weighted by molar-refractivity contribution is 8.01. The molecule has 0 aromatic carbocycles. The van der Waals surface area contributed by atoms with Gasteiger partial charge in [0.15, 0.2) is 5.25 Å². The minimum atomic E-state index is -1.72. The molecular weight excluding hydrogens is 442 g/mol. The van der Waals surface area contributed by atoms with Gasteiger partial charge >= 0.3 is 5.97 Å². The number of H-pyrrole nitrogens is 1. The van der Waals surface area contributed by atoms with Gasteiger partial charge in [-0.3, -0.25) is 18.7 Å². The van der Waals surface area contributed by atoms with Crippen molar-refractivity contribution in [3.05, 3.63) is 11.3 Å². The van der Waals surface area contributed by atoms with E-state index >= 15 is 0 Å². The average Bonchev–Trinajstić information content (AvgIpc) is 3.17. The molecule has 2 aliphatic heterocycles. The molecule has 1 aromatic rings. The zero-order valence-electron chi connectivity index (χ0n) is 15.1. The van der Waals surface area contributed by atoms with Gasteiger partial charge in [0.2, 0.25) is 5.16 Å². The normalized spacial score (nSPS) is 24.0. The fourth-order valence-corrected chi connectivity index (χ4v) is 5.83. The Morgan fingerprint density at radius 3 is 2.83 bits per heavy atom. The smallest absolute Gasteiger partial charge is 0.352 e. The van der Waals surface area contributed by atoms with Crippen LogP contribution in [0.5, 0.6) is 0 Å². The second kappa shape index (κ2) is 8.51. The standard InChI is InChI=1S/C14H15N7O5S3/c1-5(28-14-17-19-20-18-14)6-4-27-12-8(11(23)21(12)9(6)13(24)25)16-10(22)7(3-15)29(2)26/h5,7-8,12H,4H2,1-2H3,(H,16,22)(H,24,25)(H,17,18,19,20)/t5?,7?,8?,12-,29?/m0/s1. The maximum Gasteiger partial charge on any atom is 0.352 e. The highest BCUT2D eigenvalue weighted by Gasteiger charge is 2.55. The van der Waals surface area contributed by atoms with Crippen molar-refractivity contribution < 1.29 is 23.7 Å². The molecule has 12 nitrogen and oxygen atoms in total. The number of nitrogens with one attached hydrogen (secondary N) is 2. The van der Waals surface area contributed by atoms with Gasteiger partial charge in [-0.15, -0.1) is 22.0 Å². The second-order valence-corrected chi connectivity index (χ2v) is 9.92. The van der Waals surface area contributed by atoms with Gasteiger partial charge in [-0.1, -0.05) is 11.8 Å². The first-order valence-electron chi connectivity index (χ1n) is 8.09. The van der Waals surface area contributed by atoms with E-state index in [2.05, 4.69) is 25.9 Å². The highest BCUT2D eigenvalue weighted by atomic mass is 32.2. The maximum atomic E-state index is 12.6. The van der Waals surface area contributed by atoms with Crippen LogP contribution in [0.4, 0.5) is 0 Å². The Bertz CT molecular complexity index is 944. The van der Waals surface area contributed by atoms with Gasteiger partial charge in [-0.25, -0.2) is 4.79 Å². The summed E-state index contributed by atoms with van der Waals surface area (Å²) < 4.78 is 11.5. The SMILES string of the molecule is CC(Sc1nn[nH]n1)C1=C(C(=O)O)N2C(=O)C(NC(=O)C(C#N)S(C)=O)[C@@H]2SC1. The third-order valence-corrected chi connectivity index (χ3v) is 7.59. The van der Waals surface area contributed by atoms with Crippen molar-refractivity contribution in [2.75, 3.05) is 12.0 Å². The van der Waals surface area contributed by atoms with Crippen LogP contribution in [0.3, 0.4) is 0 Å². The Labute approximate surface area is 175 Å². The summed E-state index contributed by atoms with van der Waals surface area (Å²) in [5, 5.41) is 32.5. The molecular formula is C14H15N7O5S3. The second-order valence-electron chi connectivity index (χ2n) is 6.04. The number of aromatic nitrogens is 4. The number of β-lactam (4-membered cyclic amide) rings is 1. The van der Waals surface area contributed by atoms with Gasteiger partial charge in [0.1, 0.15) is 17.1 Å². The molecule has 0 bridgehead atoms. The highest BCUT2D eigenvalue weighted by Crippen LogP contribution is 2.43. The first kappa shape index (κ1) is 21.3. The van der Waals surface area contributed by atoms with Crippen molar-refractivity contribution in [1.29, 1.82) is 5.26 Å². The molecule has 1 saturated heterocycles. The van der Waals surface area contributed by atoms with Crippen molar-refractivity contribution >= 4 is 52.1 Å². The Morgan fingerprint density at radius 1 is 1.55 bits per heavy atom. The van der Waals surface area contributed by atoms with Crippen molar-refractivity contribution in [3.63, 3.8) is 0 Å². The number of amides is 2. The number of aliphatic carboxylic acids is 1. The first-order valence-corrected chi connectivity index (χ1v) is 11.6. The molecule has 3 rings (SSSR count). The summed E-state index contributed by atoms with van der Waals surface area (Å²) in [6, 6.07) is 0.659.